The lowest BCUT2D eigenvalue weighted by Gasteiger charge is -2.29. The largest absolute Gasteiger partial charge is 0.481 e. The van der Waals surface area contributed by atoms with Crippen LogP contribution in [0.4, 0.5) is 0 Å². The molecule has 1 atom stereocenters. The molecule has 0 aromatic rings. The summed E-state index contributed by atoms with van der Waals surface area (Å²) >= 11 is 0. The molecule has 0 spiro atoms. The fourth-order valence-electron chi connectivity index (χ4n) is 2.13. The molecular formula is C12H25NO4S. The number of nitrogens with two attached hydrogens (primary N) is 1. The van der Waals surface area contributed by atoms with Gasteiger partial charge in [-0.25, -0.2) is 8.42 Å². The summed E-state index contributed by atoms with van der Waals surface area (Å²) in [6.45, 7) is 5.52. The highest BCUT2D eigenvalue weighted by atomic mass is 32.2. The minimum Gasteiger partial charge on any atom is -0.481 e. The average Bonchev–Trinajstić information content (AvgIpc) is 2.26. The van der Waals surface area contributed by atoms with Crippen LogP contribution in [-0.2, 0) is 14.6 Å². The standard InChI is InChI=1S/C12H25NO4S/c1-4-18(16,17)7-5-6-12(9-13,11(14)15)8-10(2)3/h10H,4-9,13H2,1-3H3,(H,14,15). The Bertz CT molecular complexity index is 364. The van der Waals surface area contributed by atoms with E-state index in [1.807, 2.05) is 13.8 Å². The predicted molar refractivity (Wildman–Crippen MR) is 72.1 cm³/mol. The zero-order valence-corrected chi connectivity index (χ0v) is 12.3. The van der Waals surface area contributed by atoms with Crippen molar-refractivity contribution in [3.8, 4) is 0 Å². The van der Waals surface area contributed by atoms with Gasteiger partial charge in [0, 0.05) is 12.3 Å². The molecule has 6 heteroatoms. The van der Waals surface area contributed by atoms with Crippen LogP contribution in [0.15, 0.2) is 0 Å². The Labute approximate surface area is 110 Å². The summed E-state index contributed by atoms with van der Waals surface area (Å²) in [5, 5.41) is 9.33. The normalized spacial score (nSPS) is 15.6. The fourth-order valence-corrected chi connectivity index (χ4v) is 3.00. The van der Waals surface area contributed by atoms with Crippen LogP contribution < -0.4 is 5.73 Å². The Hall–Kier alpha value is -0.620. The molecule has 1 unspecified atom stereocenters. The first-order valence-electron chi connectivity index (χ1n) is 6.33. The maximum Gasteiger partial charge on any atom is 0.310 e. The lowest BCUT2D eigenvalue weighted by molar-refractivity contribution is -0.150. The van der Waals surface area contributed by atoms with Crippen LogP contribution in [-0.4, -0.2) is 37.5 Å². The molecule has 0 bridgehead atoms. The highest BCUT2D eigenvalue weighted by Gasteiger charge is 2.37. The van der Waals surface area contributed by atoms with Crippen LogP contribution in [0.3, 0.4) is 0 Å². The van der Waals surface area contributed by atoms with E-state index < -0.39 is 21.2 Å². The van der Waals surface area contributed by atoms with E-state index in [1.165, 1.54) is 0 Å². The monoisotopic (exact) mass is 279 g/mol. The van der Waals surface area contributed by atoms with Gasteiger partial charge in [-0.1, -0.05) is 20.8 Å². The summed E-state index contributed by atoms with van der Waals surface area (Å²) in [5.74, 6) is -0.573. The van der Waals surface area contributed by atoms with E-state index in [0.717, 1.165) is 0 Å². The summed E-state index contributed by atoms with van der Waals surface area (Å²) in [6, 6.07) is 0. The fraction of sp³-hybridized carbons (Fsp3) is 0.917. The minimum atomic E-state index is -3.04. The predicted octanol–water partition coefficient (Wildman–Crippen LogP) is 1.28. The first-order valence-corrected chi connectivity index (χ1v) is 8.15. The summed E-state index contributed by atoms with van der Waals surface area (Å²) < 4.78 is 22.8. The van der Waals surface area contributed by atoms with Crippen molar-refractivity contribution in [3.05, 3.63) is 0 Å². The lowest BCUT2D eigenvalue weighted by Crippen LogP contribution is -2.40. The highest BCUT2D eigenvalue weighted by molar-refractivity contribution is 7.91. The molecule has 0 radical (unpaired) electrons. The molecule has 0 aromatic carbocycles. The van der Waals surface area contributed by atoms with Crippen LogP contribution in [0.5, 0.6) is 0 Å². The molecule has 108 valence electrons. The number of carboxylic acids is 1. The summed E-state index contributed by atoms with van der Waals surface area (Å²) in [6.07, 6.45) is 1.15. The third kappa shape index (κ3) is 5.35. The van der Waals surface area contributed by atoms with Gasteiger partial charge in [-0.15, -0.1) is 0 Å². The molecule has 0 aliphatic carbocycles. The Morgan fingerprint density at radius 3 is 2.28 bits per heavy atom. The molecular weight excluding hydrogens is 254 g/mol. The molecule has 0 aliphatic rings. The van der Waals surface area contributed by atoms with Crippen LogP contribution in [0.25, 0.3) is 0 Å². The number of rotatable bonds is 9. The molecule has 0 fully saturated rings. The molecule has 0 aliphatic heterocycles. The summed E-state index contributed by atoms with van der Waals surface area (Å²) in [4.78, 5) is 11.4. The van der Waals surface area contributed by atoms with Crippen LogP contribution >= 0.6 is 0 Å². The Morgan fingerprint density at radius 2 is 1.94 bits per heavy atom. The van der Waals surface area contributed by atoms with Crippen molar-refractivity contribution in [2.45, 2.75) is 40.0 Å². The van der Waals surface area contributed by atoms with E-state index in [-0.39, 0.29) is 24.0 Å². The third-order valence-corrected chi connectivity index (χ3v) is 4.98. The first-order chi connectivity index (χ1) is 8.19. The Balaban J connectivity index is 4.66. The number of sulfone groups is 1. The van der Waals surface area contributed by atoms with Gasteiger partial charge in [0.25, 0.3) is 0 Å². The van der Waals surface area contributed by atoms with E-state index in [4.69, 9.17) is 5.73 Å². The molecule has 0 saturated heterocycles. The van der Waals surface area contributed by atoms with Gasteiger partial charge in [0.2, 0.25) is 0 Å². The second-order valence-corrected chi connectivity index (χ2v) is 7.70. The van der Waals surface area contributed by atoms with Gasteiger partial charge in [0.15, 0.2) is 0 Å². The quantitative estimate of drug-likeness (QED) is 0.662. The topological polar surface area (TPSA) is 97.5 Å². The zero-order valence-electron chi connectivity index (χ0n) is 11.5. The highest BCUT2D eigenvalue weighted by Crippen LogP contribution is 2.31. The molecule has 3 N–H and O–H groups in total. The third-order valence-electron chi connectivity index (χ3n) is 3.19. The smallest absolute Gasteiger partial charge is 0.310 e. The second kappa shape index (κ2) is 7.09. The van der Waals surface area contributed by atoms with Gasteiger partial charge >= 0.3 is 5.97 Å². The average molecular weight is 279 g/mol. The van der Waals surface area contributed by atoms with E-state index >= 15 is 0 Å². The molecule has 18 heavy (non-hydrogen) atoms. The summed E-state index contributed by atoms with van der Waals surface area (Å²) in [5.41, 5.74) is 4.62. The number of aliphatic carboxylic acids is 1. The van der Waals surface area contributed by atoms with E-state index in [1.54, 1.807) is 6.92 Å². The molecule has 0 heterocycles. The molecule has 0 amide bonds. The maximum absolute atomic E-state index is 11.4. The molecule has 0 saturated carbocycles. The Kier molecular flexibility index (Phi) is 6.84. The van der Waals surface area contributed by atoms with Gasteiger partial charge in [-0.3, -0.25) is 4.79 Å². The molecule has 0 aromatic heterocycles. The van der Waals surface area contributed by atoms with Crippen LogP contribution in [0, 0.1) is 11.3 Å². The SMILES string of the molecule is CCS(=O)(=O)CCCC(CN)(CC(C)C)C(=O)O. The lowest BCUT2D eigenvalue weighted by atomic mass is 9.76. The van der Waals surface area contributed by atoms with Crippen molar-refractivity contribution in [3.63, 3.8) is 0 Å². The number of carboxylic acid groups (broad SMARTS) is 1. The van der Waals surface area contributed by atoms with Crippen molar-refractivity contribution in [2.24, 2.45) is 17.1 Å². The van der Waals surface area contributed by atoms with Crippen molar-refractivity contribution >= 4 is 15.8 Å². The first kappa shape index (κ1) is 17.4. The second-order valence-electron chi connectivity index (χ2n) is 5.23. The molecule has 0 rings (SSSR count). The van der Waals surface area contributed by atoms with Gasteiger partial charge in [0.1, 0.15) is 9.84 Å². The van der Waals surface area contributed by atoms with Crippen LogP contribution in [0.2, 0.25) is 0 Å². The zero-order chi connectivity index (χ0) is 14.4. The van der Waals surface area contributed by atoms with E-state index in [2.05, 4.69) is 0 Å². The minimum absolute atomic E-state index is 0.0383. The number of carbonyl (C=O) groups is 1. The van der Waals surface area contributed by atoms with E-state index in [0.29, 0.717) is 19.3 Å². The van der Waals surface area contributed by atoms with Gasteiger partial charge < -0.3 is 10.8 Å². The maximum atomic E-state index is 11.4. The molecule has 5 nitrogen and oxygen atoms in total. The number of hydrogen-bond donors (Lipinski definition) is 2. The van der Waals surface area contributed by atoms with Gasteiger partial charge in [0.05, 0.1) is 11.2 Å². The van der Waals surface area contributed by atoms with Crippen molar-refractivity contribution < 1.29 is 18.3 Å². The Morgan fingerprint density at radius 1 is 1.39 bits per heavy atom. The van der Waals surface area contributed by atoms with Crippen molar-refractivity contribution in [1.29, 1.82) is 0 Å². The van der Waals surface area contributed by atoms with Crippen molar-refractivity contribution in [2.75, 3.05) is 18.1 Å². The van der Waals surface area contributed by atoms with E-state index in [9.17, 15) is 18.3 Å². The van der Waals surface area contributed by atoms with Crippen LogP contribution in [0.1, 0.15) is 40.0 Å². The summed E-state index contributed by atoms with van der Waals surface area (Å²) in [7, 11) is -3.04. The number of hydrogen-bond acceptors (Lipinski definition) is 4. The van der Waals surface area contributed by atoms with Crippen molar-refractivity contribution in [1.82, 2.24) is 0 Å². The van der Waals surface area contributed by atoms with Gasteiger partial charge in [-0.05, 0) is 25.2 Å². The van der Waals surface area contributed by atoms with Gasteiger partial charge in [-0.2, -0.15) is 0 Å².